The maximum Gasteiger partial charge on any atom is 0.329 e. The number of nitrogens with one attached hydrogen (secondary N) is 1. The van der Waals surface area contributed by atoms with E-state index in [0.717, 1.165) is 92.4 Å². The number of nitrogens with zero attached hydrogens (tertiary/aromatic N) is 4. The zero-order valence-corrected chi connectivity index (χ0v) is 25.5. The first kappa shape index (κ1) is 28.9. The number of rotatable bonds is 11. The predicted molar refractivity (Wildman–Crippen MR) is 164 cm³/mol. The van der Waals surface area contributed by atoms with Crippen molar-refractivity contribution in [2.75, 3.05) is 25.5 Å². The molecule has 3 heterocycles. The third-order valence-corrected chi connectivity index (χ3v) is 9.83. The van der Waals surface area contributed by atoms with Crippen LogP contribution in [0.5, 0.6) is 0 Å². The number of aliphatic carboxylic acids is 1. The van der Waals surface area contributed by atoms with Crippen molar-refractivity contribution >= 4 is 22.8 Å². The van der Waals surface area contributed by atoms with Crippen LogP contribution in [0.25, 0.3) is 11.0 Å². The maximum absolute atomic E-state index is 13.3. The molecule has 2 N–H and O–H groups in total. The number of carbonyl (C=O) groups is 1. The summed E-state index contributed by atoms with van der Waals surface area (Å²) in [6, 6.07) is 7.60. The first-order valence-electron chi connectivity index (χ1n) is 15.7. The van der Waals surface area contributed by atoms with Gasteiger partial charge in [0.1, 0.15) is 11.9 Å². The second kappa shape index (κ2) is 11.5. The Kier molecular flexibility index (Phi) is 7.91. The minimum absolute atomic E-state index is 0.0722. The number of unbranched alkanes of at least 4 members (excludes halogenated alkanes) is 1. The highest BCUT2D eigenvalue weighted by Gasteiger charge is 2.43. The molecule has 3 aromatic rings. The second-order valence-corrected chi connectivity index (χ2v) is 13.1. The summed E-state index contributed by atoms with van der Waals surface area (Å²) in [6.45, 7) is 5.80. The van der Waals surface area contributed by atoms with Crippen molar-refractivity contribution in [3.05, 3.63) is 57.1 Å². The largest absolute Gasteiger partial charge is 0.480 e. The van der Waals surface area contributed by atoms with Gasteiger partial charge < -0.3 is 15.2 Å². The Morgan fingerprint density at radius 3 is 2.83 bits per heavy atom. The summed E-state index contributed by atoms with van der Waals surface area (Å²) in [6.07, 6.45) is 9.92. The van der Waals surface area contributed by atoms with Gasteiger partial charge in [0.05, 0.1) is 17.1 Å². The van der Waals surface area contributed by atoms with E-state index in [0.29, 0.717) is 12.2 Å². The molecule has 42 heavy (non-hydrogen) atoms. The number of pyridine rings is 1. The average Bonchev–Trinajstić information content (AvgIpc) is 3.41. The molecule has 2 aliphatic carbocycles. The van der Waals surface area contributed by atoms with Crippen molar-refractivity contribution in [1.82, 2.24) is 19.0 Å². The van der Waals surface area contributed by atoms with Crippen LogP contribution in [-0.4, -0.2) is 62.4 Å². The lowest BCUT2D eigenvalue weighted by atomic mass is 9.99. The number of imidazole rings is 1. The van der Waals surface area contributed by atoms with E-state index in [1.54, 1.807) is 11.6 Å². The Labute approximate surface area is 247 Å². The number of carboxylic acids is 1. The number of hydrogen-bond donors (Lipinski definition) is 2. The Morgan fingerprint density at radius 1 is 1.26 bits per heavy atom. The Hall–Kier alpha value is -3.17. The zero-order valence-electron chi connectivity index (χ0n) is 25.5. The summed E-state index contributed by atoms with van der Waals surface area (Å²) >= 11 is 0. The molecule has 1 unspecified atom stereocenters. The first-order valence-corrected chi connectivity index (χ1v) is 15.7. The molecule has 1 aromatic carbocycles. The van der Waals surface area contributed by atoms with Crippen molar-refractivity contribution < 1.29 is 14.6 Å². The van der Waals surface area contributed by atoms with Crippen molar-refractivity contribution in [2.45, 2.75) is 102 Å². The number of ether oxygens (including phenoxy) is 1. The molecular formula is C33H45N5O4. The molecule has 9 heteroatoms. The lowest BCUT2D eigenvalue weighted by Gasteiger charge is -2.31. The molecular weight excluding hydrogens is 530 g/mol. The summed E-state index contributed by atoms with van der Waals surface area (Å²) in [7, 11) is 3.68. The summed E-state index contributed by atoms with van der Waals surface area (Å²) in [5, 5.41) is 13.9. The van der Waals surface area contributed by atoms with Gasteiger partial charge >= 0.3 is 11.7 Å². The van der Waals surface area contributed by atoms with Gasteiger partial charge in [-0.2, -0.15) is 0 Å². The van der Waals surface area contributed by atoms with Gasteiger partial charge in [-0.15, -0.1) is 0 Å². The van der Waals surface area contributed by atoms with Gasteiger partial charge in [-0.1, -0.05) is 12.1 Å². The summed E-state index contributed by atoms with van der Waals surface area (Å²) in [4.78, 5) is 32.9. The van der Waals surface area contributed by atoms with Crippen molar-refractivity contribution in [1.29, 1.82) is 0 Å². The van der Waals surface area contributed by atoms with Gasteiger partial charge in [0.15, 0.2) is 0 Å². The molecule has 226 valence electrons. The Balaban J connectivity index is 1.08. The smallest absolute Gasteiger partial charge is 0.329 e. The van der Waals surface area contributed by atoms with Crippen LogP contribution in [0.4, 0.5) is 5.82 Å². The molecule has 3 aliphatic rings. The van der Waals surface area contributed by atoms with E-state index in [1.165, 1.54) is 12.0 Å². The molecule has 0 bridgehead atoms. The monoisotopic (exact) mass is 575 g/mol. The molecule has 9 nitrogen and oxygen atoms in total. The maximum atomic E-state index is 13.3. The lowest BCUT2D eigenvalue weighted by Crippen LogP contribution is -2.38. The summed E-state index contributed by atoms with van der Waals surface area (Å²) in [5.41, 5.74) is 5.43. The molecule has 3 atom stereocenters. The predicted octanol–water partition coefficient (Wildman–Crippen LogP) is 4.93. The molecule has 2 saturated carbocycles. The van der Waals surface area contributed by atoms with Gasteiger partial charge in [0, 0.05) is 43.0 Å². The molecule has 0 radical (unpaired) electrons. The third-order valence-electron chi connectivity index (χ3n) is 9.83. The molecule has 6 rings (SSSR count). The Morgan fingerprint density at radius 2 is 2.07 bits per heavy atom. The van der Waals surface area contributed by atoms with E-state index in [2.05, 4.69) is 24.4 Å². The quantitative estimate of drug-likeness (QED) is 0.313. The van der Waals surface area contributed by atoms with Gasteiger partial charge in [-0.25, -0.2) is 9.78 Å². The van der Waals surface area contributed by atoms with E-state index in [4.69, 9.17) is 9.72 Å². The van der Waals surface area contributed by atoms with E-state index < -0.39 is 12.0 Å². The first-order chi connectivity index (χ1) is 20.2. The van der Waals surface area contributed by atoms with Crippen LogP contribution >= 0.6 is 0 Å². The van der Waals surface area contributed by atoms with E-state index in [1.807, 2.05) is 35.6 Å². The van der Waals surface area contributed by atoms with Crippen LogP contribution in [-0.2, 0) is 35.0 Å². The topological polar surface area (TPSA) is 102 Å². The van der Waals surface area contributed by atoms with Gasteiger partial charge in [0.2, 0.25) is 0 Å². The molecule has 0 amide bonds. The zero-order chi connectivity index (χ0) is 29.6. The normalized spacial score (nSPS) is 21.8. The van der Waals surface area contributed by atoms with Gasteiger partial charge in [-0.05, 0) is 108 Å². The van der Waals surface area contributed by atoms with E-state index in [-0.39, 0.29) is 23.4 Å². The highest BCUT2D eigenvalue weighted by atomic mass is 16.5. The summed E-state index contributed by atoms with van der Waals surface area (Å²) in [5.74, 6) is 0.164. The molecule has 0 saturated heterocycles. The molecule has 0 spiro atoms. The van der Waals surface area contributed by atoms with E-state index >= 15 is 0 Å². The molecule has 1 aliphatic heterocycles. The molecule has 2 fully saturated rings. The van der Waals surface area contributed by atoms with Crippen LogP contribution < -0.4 is 11.0 Å². The van der Waals surface area contributed by atoms with Gasteiger partial charge in [-0.3, -0.25) is 18.8 Å². The number of anilines is 1. The van der Waals surface area contributed by atoms with Crippen molar-refractivity contribution in [3.8, 4) is 0 Å². The van der Waals surface area contributed by atoms with Crippen molar-refractivity contribution in [3.63, 3.8) is 0 Å². The number of carboxylic acid groups (broad SMARTS) is 1. The second-order valence-electron chi connectivity index (χ2n) is 13.1. The highest BCUT2D eigenvalue weighted by molar-refractivity contribution is 5.87. The number of aromatic nitrogens is 3. The highest BCUT2D eigenvalue weighted by Crippen LogP contribution is 2.44. The van der Waals surface area contributed by atoms with Crippen LogP contribution in [0.1, 0.15) is 86.7 Å². The number of aryl methyl sites for hydroxylation is 4. The van der Waals surface area contributed by atoms with Crippen LogP contribution in [0, 0.1) is 6.92 Å². The fraction of sp³-hybridized carbons (Fsp3) is 0.606. The van der Waals surface area contributed by atoms with E-state index in [9.17, 15) is 14.7 Å². The number of hydrogen-bond acceptors (Lipinski definition) is 6. The fourth-order valence-corrected chi connectivity index (χ4v) is 7.15. The summed E-state index contributed by atoms with van der Waals surface area (Å²) < 4.78 is 9.81. The van der Waals surface area contributed by atoms with Gasteiger partial charge in [0.25, 0.3) is 0 Å². The standard InChI is InChI=1S/C33H45N5O4/c1-21-18-26(28-27(19-21)38(32(41)37(28)4)33(2)14-15-33)29(31(39)40)36(3)24-12-13-25(20-24)42-17-6-5-9-23-11-10-22-8-7-16-34-30(22)35-23/h10-11,18-19,24-25,29H,5-9,12-17,20H2,1-4H3,(H,34,35)(H,39,40)/t24-,25-,29?/m0/s1. The molecule has 2 aromatic heterocycles. The average molecular weight is 576 g/mol. The third kappa shape index (κ3) is 5.49. The fourth-order valence-electron chi connectivity index (χ4n) is 7.15. The number of benzene rings is 1. The van der Waals surface area contributed by atoms with Crippen LogP contribution in [0.3, 0.4) is 0 Å². The Bertz CT molecular complexity index is 1540. The minimum atomic E-state index is -0.891. The SMILES string of the molecule is Cc1cc(C(C(=O)O)N(C)[C@H]2CC[C@H](OCCCCc3ccc4c(n3)NCCC4)C2)c2c(c1)n(C1(C)CC1)c(=O)n2C. The van der Waals surface area contributed by atoms with Crippen LogP contribution in [0.15, 0.2) is 29.1 Å². The number of fused-ring (bicyclic) bond motifs is 2. The van der Waals surface area contributed by atoms with Crippen LogP contribution in [0.2, 0.25) is 0 Å². The van der Waals surface area contributed by atoms with Crippen molar-refractivity contribution in [2.24, 2.45) is 7.05 Å². The minimum Gasteiger partial charge on any atom is -0.480 e. The number of likely N-dealkylation sites (N-methyl/N-ethyl adjacent to an activating group) is 1. The lowest BCUT2D eigenvalue weighted by molar-refractivity contribution is -0.144.